The average molecular weight is 479 g/mol. The first kappa shape index (κ1) is 20.7. The van der Waals surface area contributed by atoms with E-state index in [4.69, 9.17) is 27.1 Å². The monoisotopic (exact) mass is 478 g/mol. The van der Waals surface area contributed by atoms with Gasteiger partial charge in [0.1, 0.15) is 0 Å². The molecule has 7 heteroatoms. The van der Waals surface area contributed by atoms with Crippen LogP contribution in [0.2, 0.25) is 5.02 Å². The summed E-state index contributed by atoms with van der Waals surface area (Å²) in [6, 6.07) is 8.18. The van der Waals surface area contributed by atoms with Gasteiger partial charge in [-0.1, -0.05) is 29.8 Å². The highest BCUT2D eigenvalue weighted by atomic mass is 127. The van der Waals surface area contributed by atoms with Crippen LogP contribution < -0.4 is 5.73 Å². The van der Waals surface area contributed by atoms with Gasteiger partial charge < -0.3 is 15.4 Å². The maximum Gasteiger partial charge on any atom is 0.191 e. The number of ether oxygens (including phenoxy) is 1. The Morgan fingerprint density at radius 2 is 1.80 bits per heavy atom. The van der Waals surface area contributed by atoms with Crippen molar-refractivity contribution in [1.82, 2.24) is 9.80 Å². The highest BCUT2D eigenvalue weighted by Crippen LogP contribution is 2.28. The minimum absolute atomic E-state index is 0. The van der Waals surface area contributed by atoms with Crippen LogP contribution in [0.1, 0.15) is 30.9 Å². The Hall–Kier alpha value is -0.570. The van der Waals surface area contributed by atoms with Gasteiger partial charge in [0.05, 0.1) is 25.8 Å². The van der Waals surface area contributed by atoms with Gasteiger partial charge in [0.25, 0.3) is 0 Å². The maximum atomic E-state index is 6.45. The van der Waals surface area contributed by atoms with Crippen molar-refractivity contribution in [1.29, 1.82) is 0 Å². The number of aliphatic imine (C=N–C) groups is 1. The molecule has 1 atom stereocenters. The van der Waals surface area contributed by atoms with Crippen LogP contribution in [-0.4, -0.2) is 61.7 Å². The maximum absolute atomic E-state index is 6.45. The zero-order valence-corrected chi connectivity index (χ0v) is 17.7. The van der Waals surface area contributed by atoms with E-state index in [0.717, 1.165) is 50.0 Å². The van der Waals surface area contributed by atoms with Crippen LogP contribution in [-0.2, 0) is 4.74 Å². The van der Waals surface area contributed by atoms with Gasteiger partial charge in [0.2, 0.25) is 0 Å². The molecule has 2 aliphatic heterocycles. The van der Waals surface area contributed by atoms with Gasteiger partial charge in [0, 0.05) is 31.2 Å². The molecule has 0 aliphatic carbocycles. The van der Waals surface area contributed by atoms with E-state index in [1.807, 2.05) is 18.2 Å². The number of nitrogens with zero attached hydrogens (tertiary/aromatic N) is 3. The lowest BCUT2D eigenvalue weighted by Crippen LogP contribution is -2.43. The lowest BCUT2D eigenvalue weighted by Gasteiger charge is -2.35. The van der Waals surface area contributed by atoms with E-state index in [2.05, 4.69) is 15.9 Å². The summed E-state index contributed by atoms with van der Waals surface area (Å²) in [7, 11) is 0. The predicted molar refractivity (Wildman–Crippen MR) is 114 cm³/mol. The number of piperidine rings is 1. The first-order valence-corrected chi connectivity index (χ1v) is 9.24. The van der Waals surface area contributed by atoms with E-state index < -0.39 is 0 Å². The smallest absolute Gasteiger partial charge is 0.191 e. The fourth-order valence-corrected chi connectivity index (χ4v) is 3.71. The molecular formula is C18H28ClIN4O. The zero-order chi connectivity index (χ0) is 16.8. The van der Waals surface area contributed by atoms with Gasteiger partial charge >= 0.3 is 0 Å². The Bertz CT molecular complexity index is 560. The Morgan fingerprint density at radius 3 is 2.48 bits per heavy atom. The first-order chi connectivity index (χ1) is 11.8. The summed E-state index contributed by atoms with van der Waals surface area (Å²) in [6.45, 7) is 5.97. The number of guanidine groups is 1. The summed E-state index contributed by atoms with van der Waals surface area (Å²) >= 11 is 6.45. The second kappa shape index (κ2) is 10.5. The molecule has 2 aliphatic rings. The molecule has 1 unspecified atom stereocenters. The minimum Gasteiger partial charge on any atom is -0.379 e. The molecule has 2 N–H and O–H groups in total. The third-order valence-corrected chi connectivity index (χ3v) is 5.20. The molecule has 3 rings (SSSR count). The molecule has 0 spiro atoms. The summed E-state index contributed by atoms with van der Waals surface area (Å²) in [5.41, 5.74) is 7.36. The van der Waals surface area contributed by atoms with Crippen LogP contribution in [0, 0.1) is 0 Å². The summed E-state index contributed by atoms with van der Waals surface area (Å²) in [5.74, 6) is 0.667. The van der Waals surface area contributed by atoms with E-state index in [1.54, 1.807) is 0 Å². The third kappa shape index (κ3) is 5.70. The Morgan fingerprint density at radius 1 is 1.12 bits per heavy atom. The van der Waals surface area contributed by atoms with Crippen molar-refractivity contribution in [2.75, 3.05) is 45.9 Å². The van der Waals surface area contributed by atoms with E-state index in [1.165, 1.54) is 19.3 Å². The Kier molecular flexibility index (Phi) is 8.75. The van der Waals surface area contributed by atoms with Crippen LogP contribution in [0.25, 0.3) is 0 Å². The zero-order valence-electron chi connectivity index (χ0n) is 14.6. The number of nitrogens with two attached hydrogens (primary N) is 1. The Balaban J connectivity index is 0.00000225. The van der Waals surface area contributed by atoms with E-state index in [-0.39, 0.29) is 30.0 Å². The summed E-state index contributed by atoms with van der Waals surface area (Å²) < 4.78 is 5.49. The number of hydrogen-bond donors (Lipinski definition) is 1. The highest BCUT2D eigenvalue weighted by molar-refractivity contribution is 14.0. The van der Waals surface area contributed by atoms with E-state index >= 15 is 0 Å². The quantitative estimate of drug-likeness (QED) is 0.410. The standard InChI is InChI=1S/C18H27ClN4O.HI/c19-16-7-3-2-6-15(16)17(22-10-12-24-13-11-22)14-21-18(20)23-8-4-1-5-9-23;/h2-3,6-7,17H,1,4-5,8-14H2,(H2,20,21);1H. The molecule has 0 saturated carbocycles. The van der Waals surface area contributed by atoms with Crippen molar-refractivity contribution in [3.05, 3.63) is 34.9 Å². The molecule has 1 aromatic rings. The van der Waals surface area contributed by atoms with Gasteiger partial charge in [0.15, 0.2) is 5.96 Å². The highest BCUT2D eigenvalue weighted by Gasteiger charge is 2.24. The van der Waals surface area contributed by atoms with Gasteiger partial charge in [-0.05, 0) is 30.9 Å². The fraction of sp³-hybridized carbons (Fsp3) is 0.611. The summed E-state index contributed by atoms with van der Waals surface area (Å²) in [4.78, 5) is 9.32. The lowest BCUT2D eigenvalue weighted by molar-refractivity contribution is 0.0179. The van der Waals surface area contributed by atoms with E-state index in [9.17, 15) is 0 Å². The molecule has 5 nitrogen and oxygen atoms in total. The molecular weight excluding hydrogens is 451 g/mol. The molecule has 140 valence electrons. The van der Waals surface area contributed by atoms with Gasteiger partial charge in [-0.15, -0.1) is 24.0 Å². The molecule has 25 heavy (non-hydrogen) atoms. The number of likely N-dealkylation sites (tertiary alicyclic amines) is 1. The predicted octanol–water partition coefficient (Wildman–Crippen LogP) is 3.13. The van der Waals surface area contributed by atoms with Crippen molar-refractivity contribution in [3.8, 4) is 0 Å². The SMILES string of the molecule is I.NC(=NCC(c1ccccc1Cl)N1CCOCC1)N1CCCCC1. The number of benzene rings is 1. The number of halogens is 2. The van der Waals surface area contributed by atoms with Crippen molar-refractivity contribution < 1.29 is 4.74 Å². The third-order valence-electron chi connectivity index (χ3n) is 4.86. The number of rotatable bonds is 4. The van der Waals surface area contributed by atoms with Crippen molar-refractivity contribution in [2.45, 2.75) is 25.3 Å². The normalized spacial score (nSPS) is 20.8. The largest absolute Gasteiger partial charge is 0.379 e. The average Bonchev–Trinajstić information content (AvgIpc) is 2.65. The minimum atomic E-state index is 0. The Labute approximate surface area is 172 Å². The molecule has 2 heterocycles. The van der Waals surface area contributed by atoms with Crippen molar-refractivity contribution in [3.63, 3.8) is 0 Å². The van der Waals surface area contributed by atoms with Crippen LogP contribution in [0.3, 0.4) is 0 Å². The number of morpholine rings is 1. The van der Waals surface area contributed by atoms with Crippen LogP contribution >= 0.6 is 35.6 Å². The molecule has 0 amide bonds. The second-order valence-corrected chi connectivity index (χ2v) is 6.84. The van der Waals surface area contributed by atoms with Gasteiger partial charge in [-0.2, -0.15) is 0 Å². The lowest BCUT2D eigenvalue weighted by atomic mass is 10.0. The second-order valence-electron chi connectivity index (χ2n) is 6.43. The summed E-state index contributed by atoms with van der Waals surface area (Å²) in [6.07, 6.45) is 3.70. The molecule has 2 saturated heterocycles. The molecule has 0 radical (unpaired) electrons. The van der Waals surface area contributed by atoms with Gasteiger partial charge in [-0.25, -0.2) is 0 Å². The van der Waals surface area contributed by atoms with E-state index in [0.29, 0.717) is 12.5 Å². The van der Waals surface area contributed by atoms with Crippen LogP contribution in [0.5, 0.6) is 0 Å². The molecule has 0 bridgehead atoms. The first-order valence-electron chi connectivity index (χ1n) is 8.87. The van der Waals surface area contributed by atoms with Crippen LogP contribution in [0.4, 0.5) is 0 Å². The van der Waals surface area contributed by atoms with Crippen molar-refractivity contribution in [2.24, 2.45) is 10.7 Å². The topological polar surface area (TPSA) is 54.1 Å². The molecule has 0 aromatic heterocycles. The molecule has 2 fully saturated rings. The summed E-state index contributed by atoms with van der Waals surface area (Å²) in [5, 5.41) is 0.792. The van der Waals surface area contributed by atoms with Crippen LogP contribution in [0.15, 0.2) is 29.3 Å². The molecule has 1 aromatic carbocycles. The van der Waals surface area contributed by atoms with Gasteiger partial charge in [-0.3, -0.25) is 9.89 Å². The van der Waals surface area contributed by atoms with Crippen molar-refractivity contribution >= 4 is 41.5 Å². The number of hydrogen-bond acceptors (Lipinski definition) is 3. The fourth-order valence-electron chi connectivity index (χ4n) is 3.45.